The normalized spacial score (nSPS) is 10.1. The highest BCUT2D eigenvalue weighted by Crippen LogP contribution is 2.23. The van der Waals surface area contributed by atoms with Gasteiger partial charge < -0.3 is 10.4 Å². The van der Waals surface area contributed by atoms with Gasteiger partial charge >= 0.3 is 0 Å². The van der Waals surface area contributed by atoms with Gasteiger partial charge in [0, 0.05) is 11.8 Å². The fraction of sp³-hybridized carbons (Fsp3) is 0. The molecule has 0 bridgehead atoms. The molecule has 0 saturated carbocycles. The SMILES string of the molecule is O=C(Nc1cccc(O)c1)c1ccc(Cl)s1. The molecule has 0 aliphatic rings. The Morgan fingerprint density at radius 3 is 2.75 bits per heavy atom. The summed E-state index contributed by atoms with van der Waals surface area (Å²) in [5.41, 5.74) is 0.550. The molecule has 1 amide bonds. The van der Waals surface area contributed by atoms with E-state index in [1.165, 1.54) is 23.5 Å². The largest absolute Gasteiger partial charge is 0.508 e. The number of phenols is 1. The lowest BCUT2D eigenvalue weighted by Gasteiger charge is -2.03. The Hall–Kier alpha value is -1.52. The van der Waals surface area contributed by atoms with Crippen LogP contribution in [-0.2, 0) is 0 Å². The van der Waals surface area contributed by atoms with Gasteiger partial charge in [-0.1, -0.05) is 17.7 Å². The molecule has 0 aliphatic heterocycles. The summed E-state index contributed by atoms with van der Waals surface area (Å²) in [6.45, 7) is 0. The number of anilines is 1. The number of benzene rings is 1. The van der Waals surface area contributed by atoms with Crippen LogP contribution >= 0.6 is 22.9 Å². The lowest BCUT2D eigenvalue weighted by Crippen LogP contribution is -2.09. The molecule has 0 saturated heterocycles. The van der Waals surface area contributed by atoms with Crippen molar-refractivity contribution in [1.82, 2.24) is 0 Å². The molecule has 0 fully saturated rings. The average molecular weight is 254 g/mol. The number of rotatable bonds is 2. The molecule has 1 aromatic carbocycles. The zero-order valence-corrected chi connectivity index (χ0v) is 9.68. The van der Waals surface area contributed by atoms with Gasteiger partial charge in [0.15, 0.2) is 0 Å². The molecule has 1 aromatic heterocycles. The Bertz CT molecular complexity index is 524. The van der Waals surface area contributed by atoms with Crippen LogP contribution in [0.1, 0.15) is 9.67 Å². The zero-order chi connectivity index (χ0) is 11.5. The van der Waals surface area contributed by atoms with Crippen LogP contribution in [0.2, 0.25) is 4.34 Å². The van der Waals surface area contributed by atoms with Crippen molar-refractivity contribution in [3.8, 4) is 5.75 Å². The summed E-state index contributed by atoms with van der Waals surface area (Å²) in [5.74, 6) is -0.121. The Balaban J connectivity index is 2.13. The summed E-state index contributed by atoms with van der Waals surface area (Å²) >= 11 is 6.94. The molecule has 0 atom stereocenters. The van der Waals surface area contributed by atoms with E-state index in [0.717, 1.165) is 0 Å². The smallest absolute Gasteiger partial charge is 0.265 e. The number of carbonyl (C=O) groups is 1. The van der Waals surface area contributed by atoms with Crippen LogP contribution in [-0.4, -0.2) is 11.0 Å². The molecule has 82 valence electrons. The number of halogens is 1. The Morgan fingerprint density at radius 1 is 1.31 bits per heavy atom. The van der Waals surface area contributed by atoms with Gasteiger partial charge in [0.2, 0.25) is 0 Å². The Morgan fingerprint density at radius 2 is 2.12 bits per heavy atom. The van der Waals surface area contributed by atoms with E-state index in [1.54, 1.807) is 24.3 Å². The van der Waals surface area contributed by atoms with Crippen molar-refractivity contribution in [2.45, 2.75) is 0 Å². The van der Waals surface area contributed by atoms with Crippen molar-refractivity contribution in [2.24, 2.45) is 0 Å². The second-order valence-corrected chi connectivity index (χ2v) is 4.82. The summed E-state index contributed by atoms with van der Waals surface area (Å²) in [4.78, 5) is 12.2. The molecule has 0 unspecified atom stereocenters. The Labute approximate surface area is 101 Å². The number of aromatic hydroxyl groups is 1. The maximum Gasteiger partial charge on any atom is 0.265 e. The van der Waals surface area contributed by atoms with Crippen LogP contribution in [0.25, 0.3) is 0 Å². The first kappa shape index (κ1) is 11.0. The molecule has 0 aliphatic carbocycles. The van der Waals surface area contributed by atoms with Gasteiger partial charge in [-0.3, -0.25) is 4.79 Å². The van der Waals surface area contributed by atoms with Crippen LogP contribution in [0, 0.1) is 0 Å². The van der Waals surface area contributed by atoms with Crippen molar-refractivity contribution in [3.63, 3.8) is 0 Å². The highest BCUT2D eigenvalue weighted by atomic mass is 35.5. The minimum atomic E-state index is -0.234. The van der Waals surface area contributed by atoms with Crippen molar-refractivity contribution >= 4 is 34.5 Å². The summed E-state index contributed by atoms with van der Waals surface area (Å²) in [6, 6.07) is 9.71. The van der Waals surface area contributed by atoms with Crippen molar-refractivity contribution < 1.29 is 9.90 Å². The molecule has 5 heteroatoms. The number of phenolic OH excluding ortho intramolecular Hbond substituents is 1. The van der Waals surface area contributed by atoms with Crippen LogP contribution in [0.5, 0.6) is 5.75 Å². The number of hydrogen-bond acceptors (Lipinski definition) is 3. The van der Waals surface area contributed by atoms with Crippen LogP contribution in [0.4, 0.5) is 5.69 Å². The summed E-state index contributed by atoms with van der Waals surface area (Å²) in [5, 5.41) is 11.9. The van der Waals surface area contributed by atoms with Crippen molar-refractivity contribution in [1.29, 1.82) is 0 Å². The van der Waals surface area contributed by atoms with E-state index in [4.69, 9.17) is 11.6 Å². The van der Waals surface area contributed by atoms with Crippen molar-refractivity contribution in [3.05, 3.63) is 45.6 Å². The lowest BCUT2D eigenvalue weighted by molar-refractivity contribution is 0.103. The van der Waals surface area contributed by atoms with Gasteiger partial charge in [-0.2, -0.15) is 0 Å². The van der Waals surface area contributed by atoms with Crippen molar-refractivity contribution in [2.75, 3.05) is 5.32 Å². The molecule has 2 aromatic rings. The van der Waals surface area contributed by atoms with E-state index in [1.807, 2.05) is 0 Å². The molecular weight excluding hydrogens is 246 g/mol. The van der Waals surface area contributed by atoms with E-state index in [9.17, 15) is 9.90 Å². The average Bonchev–Trinajstić information content (AvgIpc) is 2.65. The number of amides is 1. The fourth-order valence-electron chi connectivity index (χ4n) is 1.21. The van der Waals surface area contributed by atoms with Crippen LogP contribution in [0.15, 0.2) is 36.4 Å². The van der Waals surface area contributed by atoms with E-state index in [-0.39, 0.29) is 11.7 Å². The van der Waals surface area contributed by atoms with Gasteiger partial charge in [0.25, 0.3) is 5.91 Å². The standard InChI is InChI=1S/C11H8ClNO2S/c12-10-5-4-9(16-10)11(15)13-7-2-1-3-8(14)6-7/h1-6,14H,(H,13,15). The number of thiophene rings is 1. The number of carbonyl (C=O) groups excluding carboxylic acids is 1. The Kier molecular flexibility index (Phi) is 3.12. The summed E-state index contributed by atoms with van der Waals surface area (Å²) in [6.07, 6.45) is 0. The number of hydrogen-bond donors (Lipinski definition) is 2. The molecule has 0 spiro atoms. The highest BCUT2D eigenvalue weighted by molar-refractivity contribution is 7.18. The monoisotopic (exact) mass is 253 g/mol. The lowest BCUT2D eigenvalue weighted by atomic mass is 10.3. The predicted octanol–water partition coefficient (Wildman–Crippen LogP) is 3.36. The molecule has 3 nitrogen and oxygen atoms in total. The molecule has 1 heterocycles. The van der Waals surface area contributed by atoms with E-state index >= 15 is 0 Å². The van der Waals surface area contributed by atoms with Gasteiger partial charge in [0.1, 0.15) is 5.75 Å². The highest BCUT2D eigenvalue weighted by Gasteiger charge is 2.08. The zero-order valence-electron chi connectivity index (χ0n) is 8.11. The topological polar surface area (TPSA) is 49.3 Å². The molecule has 16 heavy (non-hydrogen) atoms. The first-order valence-electron chi connectivity index (χ1n) is 4.51. The van der Waals surface area contributed by atoms with Gasteiger partial charge in [-0.25, -0.2) is 0 Å². The maximum absolute atomic E-state index is 11.7. The third-order valence-corrected chi connectivity index (χ3v) is 3.13. The quantitative estimate of drug-likeness (QED) is 0.862. The maximum atomic E-state index is 11.7. The molecule has 2 rings (SSSR count). The molecular formula is C11H8ClNO2S. The van der Waals surface area contributed by atoms with Crippen LogP contribution < -0.4 is 5.32 Å². The summed E-state index contributed by atoms with van der Waals surface area (Å²) < 4.78 is 0.570. The first-order chi connectivity index (χ1) is 7.65. The molecule has 2 N–H and O–H groups in total. The second-order valence-electron chi connectivity index (χ2n) is 3.11. The van der Waals surface area contributed by atoms with Gasteiger partial charge in [-0.15, -0.1) is 11.3 Å². The van der Waals surface area contributed by atoms with E-state index in [0.29, 0.717) is 14.9 Å². The third-order valence-electron chi connectivity index (χ3n) is 1.90. The molecule has 0 radical (unpaired) electrons. The minimum absolute atomic E-state index is 0.113. The first-order valence-corrected chi connectivity index (χ1v) is 5.70. The fourth-order valence-corrected chi connectivity index (χ4v) is 2.15. The van der Waals surface area contributed by atoms with E-state index in [2.05, 4.69) is 5.32 Å². The third kappa shape index (κ3) is 2.53. The summed E-state index contributed by atoms with van der Waals surface area (Å²) in [7, 11) is 0. The minimum Gasteiger partial charge on any atom is -0.508 e. The predicted molar refractivity (Wildman–Crippen MR) is 65.4 cm³/mol. The number of nitrogens with one attached hydrogen (secondary N) is 1. The van der Waals surface area contributed by atoms with Gasteiger partial charge in [0.05, 0.1) is 9.21 Å². The van der Waals surface area contributed by atoms with Crippen LogP contribution in [0.3, 0.4) is 0 Å². The second kappa shape index (κ2) is 4.55. The van der Waals surface area contributed by atoms with E-state index < -0.39 is 0 Å². The van der Waals surface area contributed by atoms with Gasteiger partial charge in [-0.05, 0) is 24.3 Å².